The van der Waals surface area contributed by atoms with Crippen LogP contribution >= 0.6 is 0 Å². The van der Waals surface area contributed by atoms with Crippen LogP contribution < -0.4 is 0 Å². The Hall–Kier alpha value is -0.795. The second kappa shape index (κ2) is 6.89. The summed E-state index contributed by atoms with van der Waals surface area (Å²) in [6.45, 7) is 4.41. The zero-order valence-corrected chi connectivity index (χ0v) is 7.44. The van der Waals surface area contributed by atoms with E-state index in [4.69, 9.17) is 10.0 Å². The molecular weight excluding hydrogens is 151 g/mol. The van der Waals surface area contributed by atoms with Crippen LogP contribution in [0.1, 0.15) is 25.3 Å². The van der Waals surface area contributed by atoms with Crippen molar-refractivity contribution in [3.8, 4) is 0 Å². The zero-order valence-electron chi connectivity index (χ0n) is 7.44. The van der Waals surface area contributed by atoms with Crippen molar-refractivity contribution in [3.05, 3.63) is 35.9 Å². The standard InChI is InChI=1S/C9H12.BH2O2/c1-8(2)9-6-4-3-5-7-9;2-1-3/h3-8H,1-2H3;2-3H. The highest BCUT2D eigenvalue weighted by Gasteiger charge is 1.93. The van der Waals surface area contributed by atoms with E-state index in [9.17, 15) is 0 Å². The van der Waals surface area contributed by atoms with Crippen LogP contribution in [0.15, 0.2) is 30.3 Å². The molecule has 1 rings (SSSR count). The molecule has 65 valence electrons. The highest BCUT2D eigenvalue weighted by molar-refractivity contribution is 6.13. The Morgan fingerprint density at radius 1 is 1.08 bits per heavy atom. The van der Waals surface area contributed by atoms with Crippen molar-refractivity contribution >= 4 is 7.69 Å². The molecule has 1 radical (unpaired) electrons. The number of hydrogen-bond acceptors (Lipinski definition) is 2. The van der Waals surface area contributed by atoms with Gasteiger partial charge >= 0.3 is 7.69 Å². The monoisotopic (exact) mass is 165 g/mol. The maximum atomic E-state index is 7.00. The third-order valence-corrected chi connectivity index (χ3v) is 1.47. The van der Waals surface area contributed by atoms with Gasteiger partial charge in [0.2, 0.25) is 0 Å². The van der Waals surface area contributed by atoms with Gasteiger partial charge in [0.05, 0.1) is 0 Å². The molecule has 0 unspecified atom stereocenters. The summed E-state index contributed by atoms with van der Waals surface area (Å²) in [5, 5.41) is 14.0. The summed E-state index contributed by atoms with van der Waals surface area (Å²) in [6.07, 6.45) is 0. The molecule has 0 aliphatic heterocycles. The summed E-state index contributed by atoms with van der Waals surface area (Å²) in [4.78, 5) is 0. The zero-order chi connectivity index (χ0) is 9.40. The topological polar surface area (TPSA) is 40.5 Å². The second-order valence-electron chi connectivity index (χ2n) is 2.68. The van der Waals surface area contributed by atoms with E-state index in [2.05, 4.69) is 38.1 Å². The molecule has 0 aliphatic rings. The van der Waals surface area contributed by atoms with Crippen molar-refractivity contribution in [2.75, 3.05) is 0 Å². The minimum Gasteiger partial charge on any atom is -0.429 e. The fourth-order valence-corrected chi connectivity index (χ4v) is 0.838. The fraction of sp³-hybridized carbons (Fsp3) is 0.333. The van der Waals surface area contributed by atoms with Crippen LogP contribution in [0.3, 0.4) is 0 Å². The quantitative estimate of drug-likeness (QED) is 0.616. The number of benzene rings is 1. The van der Waals surface area contributed by atoms with Crippen LogP contribution in [-0.4, -0.2) is 17.7 Å². The minimum atomic E-state index is 0. The summed E-state index contributed by atoms with van der Waals surface area (Å²) in [6, 6.07) is 10.5. The first kappa shape index (κ1) is 11.2. The highest BCUT2D eigenvalue weighted by atomic mass is 16.4. The van der Waals surface area contributed by atoms with Crippen LogP contribution in [0.25, 0.3) is 0 Å². The molecule has 0 bridgehead atoms. The Morgan fingerprint density at radius 3 is 1.75 bits per heavy atom. The van der Waals surface area contributed by atoms with E-state index in [1.165, 1.54) is 5.56 Å². The molecule has 1 aromatic rings. The van der Waals surface area contributed by atoms with Gasteiger partial charge in [-0.2, -0.15) is 0 Å². The van der Waals surface area contributed by atoms with Gasteiger partial charge in [0, 0.05) is 0 Å². The van der Waals surface area contributed by atoms with Gasteiger partial charge in [-0.1, -0.05) is 44.2 Å². The average Bonchev–Trinajstić information content (AvgIpc) is 2.07. The molecule has 0 fully saturated rings. The normalized spacial score (nSPS) is 8.75. The Morgan fingerprint density at radius 2 is 1.50 bits per heavy atom. The predicted molar refractivity (Wildman–Crippen MR) is 50.7 cm³/mol. The predicted octanol–water partition coefficient (Wildman–Crippen LogP) is 1.32. The molecule has 0 saturated carbocycles. The first-order valence-electron chi connectivity index (χ1n) is 3.87. The Balaban J connectivity index is 0.000000354. The van der Waals surface area contributed by atoms with Crippen LogP contribution in [0.5, 0.6) is 0 Å². The van der Waals surface area contributed by atoms with Crippen molar-refractivity contribution in [1.82, 2.24) is 0 Å². The maximum Gasteiger partial charge on any atom is 0.482 e. The van der Waals surface area contributed by atoms with Gasteiger partial charge in [0.25, 0.3) is 0 Å². The van der Waals surface area contributed by atoms with E-state index < -0.39 is 0 Å². The molecule has 0 spiro atoms. The van der Waals surface area contributed by atoms with Gasteiger partial charge < -0.3 is 10.0 Å². The average molecular weight is 165 g/mol. The van der Waals surface area contributed by atoms with Gasteiger partial charge in [0.1, 0.15) is 0 Å². The van der Waals surface area contributed by atoms with E-state index >= 15 is 0 Å². The van der Waals surface area contributed by atoms with Crippen molar-refractivity contribution in [2.45, 2.75) is 19.8 Å². The highest BCUT2D eigenvalue weighted by Crippen LogP contribution is 2.11. The lowest BCUT2D eigenvalue weighted by atomic mass is 10.0. The smallest absolute Gasteiger partial charge is 0.429 e. The summed E-state index contributed by atoms with van der Waals surface area (Å²) >= 11 is 0. The summed E-state index contributed by atoms with van der Waals surface area (Å²) in [5.74, 6) is 0.659. The third kappa shape index (κ3) is 4.94. The molecule has 1 aromatic carbocycles. The van der Waals surface area contributed by atoms with E-state index in [1.807, 2.05) is 6.07 Å². The van der Waals surface area contributed by atoms with Crippen molar-refractivity contribution in [3.63, 3.8) is 0 Å². The van der Waals surface area contributed by atoms with Crippen LogP contribution in [0.4, 0.5) is 0 Å². The van der Waals surface area contributed by atoms with Gasteiger partial charge in [-0.3, -0.25) is 0 Å². The van der Waals surface area contributed by atoms with Crippen molar-refractivity contribution in [2.24, 2.45) is 0 Å². The van der Waals surface area contributed by atoms with Crippen molar-refractivity contribution in [1.29, 1.82) is 0 Å². The maximum absolute atomic E-state index is 7.00. The lowest BCUT2D eigenvalue weighted by Crippen LogP contribution is -1.83. The van der Waals surface area contributed by atoms with Gasteiger partial charge in [0.15, 0.2) is 0 Å². The van der Waals surface area contributed by atoms with Crippen LogP contribution in [-0.2, 0) is 0 Å². The van der Waals surface area contributed by atoms with E-state index in [0.717, 1.165) is 0 Å². The molecule has 0 heterocycles. The number of hydrogen-bond donors (Lipinski definition) is 2. The molecule has 0 aliphatic carbocycles. The summed E-state index contributed by atoms with van der Waals surface area (Å²) in [7, 11) is 0. The Labute approximate surface area is 74.2 Å². The molecular formula is C9H14BO2. The SMILES string of the molecule is CC(C)c1ccccc1.O[B]O. The van der Waals surface area contributed by atoms with E-state index in [0.29, 0.717) is 5.92 Å². The van der Waals surface area contributed by atoms with Crippen molar-refractivity contribution < 1.29 is 10.0 Å². The summed E-state index contributed by atoms with van der Waals surface area (Å²) in [5.41, 5.74) is 1.41. The van der Waals surface area contributed by atoms with E-state index in [1.54, 1.807) is 0 Å². The molecule has 0 atom stereocenters. The van der Waals surface area contributed by atoms with Crippen LogP contribution in [0.2, 0.25) is 0 Å². The first-order chi connectivity index (χ1) is 5.72. The Kier molecular flexibility index (Phi) is 6.43. The second-order valence-corrected chi connectivity index (χ2v) is 2.68. The lowest BCUT2D eigenvalue weighted by molar-refractivity contribution is 0.448. The molecule has 2 nitrogen and oxygen atoms in total. The molecule has 0 aromatic heterocycles. The molecule has 0 saturated heterocycles. The fourth-order valence-electron chi connectivity index (χ4n) is 0.838. The molecule has 12 heavy (non-hydrogen) atoms. The minimum absolute atomic E-state index is 0. The Bertz CT molecular complexity index is 187. The molecule has 2 N–H and O–H groups in total. The third-order valence-electron chi connectivity index (χ3n) is 1.47. The van der Waals surface area contributed by atoms with Gasteiger partial charge in [-0.25, -0.2) is 0 Å². The van der Waals surface area contributed by atoms with Gasteiger partial charge in [-0.05, 0) is 11.5 Å². The molecule has 3 heteroatoms. The van der Waals surface area contributed by atoms with Crippen LogP contribution in [0, 0.1) is 0 Å². The first-order valence-corrected chi connectivity index (χ1v) is 3.87. The number of rotatable bonds is 1. The lowest BCUT2D eigenvalue weighted by Gasteiger charge is -2.01. The largest absolute Gasteiger partial charge is 0.482 e. The van der Waals surface area contributed by atoms with E-state index in [-0.39, 0.29) is 7.69 Å². The van der Waals surface area contributed by atoms with Gasteiger partial charge in [-0.15, -0.1) is 0 Å². The summed E-state index contributed by atoms with van der Waals surface area (Å²) < 4.78 is 0. The molecule has 0 amide bonds.